The smallest absolute Gasteiger partial charge is 0.312 e. The van der Waals surface area contributed by atoms with E-state index in [0.717, 1.165) is 16.8 Å². The molecule has 3 nitrogen and oxygen atoms in total. The number of nitrogens with one attached hydrogen (secondary N) is 1. The SMILES string of the molecule is Cc1cccc(NCC(C(=O)O)c2ccccc2)c1C. The highest BCUT2D eigenvalue weighted by molar-refractivity contribution is 5.77. The highest BCUT2D eigenvalue weighted by atomic mass is 16.4. The van der Waals surface area contributed by atoms with E-state index < -0.39 is 11.9 Å². The first kappa shape index (κ1) is 14.1. The van der Waals surface area contributed by atoms with Gasteiger partial charge in [0.1, 0.15) is 0 Å². The molecule has 2 aromatic carbocycles. The molecule has 2 N–H and O–H groups in total. The summed E-state index contributed by atoms with van der Waals surface area (Å²) in [6, 6.07) is 15.3. The number of carbonyl (C=O) groups is 1. The van der Waals surface area contributed by atoms with E-state index in [1.165, 1.54) is 5.56 Å². The molecule has 0 aliphatic heterocycles. The average Bonchev–Trinajstić information content (AvgIpc) is 2.44. The van der Waals surface area contributed by atoms with Crippen molar-refractivity contribution in [1.82, 2.24) is 0 Å². The molecule has 0 saturated heterocycles. The Kier molecular flexibility index (Phi) is 4.41. The van der Waals surface area contributed by atoms with Crippen molar-refractivity contribution in [2.24, 2.45) is 0 Å². The Morgan fingerprint density at radius 2 is 1.80 bits per heavy atom. The molecule has 0 aliphatic carbocycles. The maximum atomic E-state index is 11.4. The predicted octanol–water partition coefficient (Wildman–Crippen LogP) is 3.58. The molecule has 3 heteroatoms. The Labute approximate surface area is 119 Å². The molecular formula is C17H19NO2. The summed E-state index contributed by atoms with van der Waals surface area (Å²) in [5.41, 5.74) is 4.16. The van der Waals surface area contributed by atoms with Crippen LogP contribution in [0.5, 0.6) is 0 Å². The Morgan fingerprint density at radius 3 is 2.45 bits per heavy atom. The van der Waals surface area contributed by atoms with Gasteiger partial charge >= 0.3 is 5.97 Å². The van der Waals surface area contributed by atoms with Gasteiger partial charge in [0, 0.05) is 12.2 Å². The van der Waals surface area contributed by atoms with Gasteiger partial charge in [0.15, 0.2) is 0 Å². The lowest BCUT2D eigenvalue weighted by atomic mass is 9.99. The third-order valence-electron chi connectivity index (χ3n) is 3.60. The average molecular weight is 269 g/mol. The number of aliphatic carboxylic acids is 1. The monoisotopic (exact) mass is 269 g/mol. The summed E-state index contributed by atoms with van der Waals surface area (Å²) in [4.78, 5) is 11.4. The van der Waals surface area contributed by atoms with E-state index in [-0.39, 0.29) is 0 Å². The number of carboxylic acid groups (broad SMARTS) is 1. The number of aryl methyl sites for hydroxylation is 1. The summed E-state index contributed by atoms with van der Waals surface area (Å²) >= 11 is 0. The molecule has 0 aromatic heterocycles. The van der Waals surface area contributed by atoms with E-state index in [9.17, 15) is 9.90 Å². The molecule has 0 aliphatic rings. The van der Waals surface area contributed by atoms with Crippen LogP contribution in [0, 0.1) is 13.8 Å². The molecule has 0 amide bonds. The molecule has 0 heterocycles. The molecular weight excluding hydrogens is 250 g/mol. The number of hydrogen-bond acceptors (Lipinski definition) is 2. The first-order valence-electron chi connectivity index (χ1n) is 6.67. The number of rotatable bonds is 5. The molecule has 0 spiro atoms. The van der Waals surface area contributed by atoms with Crippen LogP contribution in [-0.4, -0.2) is 17.6 Å². The first-order chi connectivity index (χ1) is 9.59. The van der Waals surface area contributed by atoms with E-state index in [1.807, 2.05) is 62.4 Å². The van der Waals surface area contributed by atoms with Crippen LogP contribution in [0.2, 0.25) is 0 Å². The Balaban J connectivity index is 2.14. The van der Waals surface area contributed by atoms with Crippen molar-refractivity contribution in [2.45, 2.75) is 19.8 Å². The van der Waals surface area contributed by atoms with Crippen LogP contribution in [-0.2, 0) is 4.79 Å². The maximum absolute atomic E-state index is 11.4. The summed E-state index contributed by atoms with van der Waals surface area (Å²) in [6.45, 7) is 4.46. The van der Waals surface area contributed by atoms with Gasteiger partial charge in [-0.3, -0.25) is 4.79 Å². The predicted molar refractivity (Wildman–Crippen MR) is 81.2 cm³/mol. The number of anilines is 1. The summed E-state index contributed by atoms with van der Waals surface area (Å²) in [5, 5.41) is 12.6. The fraction of sp³-hybridized carbons (Fsp3) is 0.235. The van der Waals surface area contributed by atoms with Gasteiger partial charge in [-0.2, -0.15) is 0 Å². The van der Waals surface area contributed by atoms with Crippen LogP contribution in [0.15, 0.2) is 48.5 Å². The van der Waals surface area contributed by atoms with Gasteiger partial charge in [-0.15, -0.1) is 0 Å². The fourth-order valence-electron chi connectivity index (χ4n) is 2.19. The second-order valence-electron chi connectivity index (χ2n) is 4.93. The Bertz CT molecular complexity index is 593. The topological polar surface area (TPSA) is 49.3 Å². The maximum Gasteiger partial charge on any atom is 0.312 e. The van der Waals surface area contributed by atoms with Gasteiger partial charge in [-0.25, -0.2) is 0 Å². The van der Waals surface area contributed by atoms with Crippen molar-refractivity contribution in [3.8, 4) is 0 Å². The van der Waals surface area contributed by atoms with Crippen LogP contribution in [0.3, 0.4) is 0 Å². The molecule has 0 saturated carbocycles. The second kappa shape index (κ2) is 6.24. The Morgan fingerprint density at radius 1 is 1.10 bits per heavy atom. The zero-order chi connectivity index (χ0) is 14.5. The van der Waals surface area contributed by atoms with Crippen molar-refractivity contribution in [1.29, 1.82) is 0 Å². The molecule has 1 atom stereocenters. The normalized spacial score (nSPS) is 11.9. The van der Waals surface area contributed by atoms with Crippen molar-refractivity contribution in [3.63, 3.8) is 0 Å². The van der Waals surface area contributed by atoms with Crippen molar-refractivity contribution in [2.75, 3.05) is 11.9 Å². The minimum atomic E-state index is -0.811. The standard InChI is InChI=1S/C17H19NO2/c1-12-7-6-10-16(13(12)2)18-11-15(17(19)20)14-8-4-3-5-9-14/h3-10,15,18H,11H2,1-2H3,(H,19,20). The van der Waals surface area contributed by atoms with E-state index in [4.69, 9.17) is 0 Å². The largest absolute Gasteiger partial charge is 0.481 e. The number of carboxylic acids is 1. The second-order valence-corrected chi connectivity index (χ2v) is 4.93. The molecule has 104 valence electrons. The summed E-state index contributed by atoms with van der Waals surface area (Å²) in [7, 11) is 0. The Hall–Kier alpha value is -2.29. The molecule has 0 radical (unpaired) electrons. The van der Waals surface area contributed by atoms with Gasteiger partial charge < -0.3 is 10.4 Å². The third-order valence-corrected chi connectivity index (χ3v) is 3.60. The van der Waals surface area contributed by atoms with Crippen molar-refractivity contribution < 1.29 is 9.90 Å². The van der Waals surface area contributed by atoms with E-state index in [1.54, 1.807) is 0 Å². The van der Waals surface area contributed by atoms with Gasteiger partial charge in [0.2, 0.25) is 0 Å². The van der Waals surface area contributed by atoms with Gasteiger partial charge in [0.25, 0.3) is 0 Å². The van der Waals surface area contributed by atoms with Gasteiger partial charge in [-0.1, -0.05) is 42.5 Å². The van der Waals surface area contributed by atoms with Crippen LogP contribution in [0.4, 0.5) is 5.69 Å². The number of benzene rings is 2. The van der Waals surface area contributed by atoms with Crippen molar-refractivity contribution in [3.05, 3.63) is 65.2 Å². The van der Waals surface area contributed by atoms with Crippen LogP contribution < -0.4 is 5.32 Å². The molecule has 0 bridgehead atoms. The minimum absolute atomic E-state index is 0.379. The third kappa shape index (κ3) is 3.18. The highest BCUT2D eigenvalue weighted by Gasteiger charge is 2.19. The van der Waals surface area contributed by atoms with E-state index in [0.29, 0.717) is 6.54 Å². The molecule has 2 rings (SSSR count). The summed E-state index contributed by atoms with van der Waals surface area (Å²) in [5.74, 6) is -1.36. The minimum Gasteiger partial charge on any atom is -0.481 e. The van der Waals surface area contributed by atoms with E-state index >= 15 is 0 Å². The lowest BCUT2D eigenvalue weighted by molar-refractivity contribution is -0.138. The van der Waals surface area contributed by atoms with Crippen molar-refractivity contribution >= 4 is 11.7 Å². The van der Waals surface area contributed by atoms with Gasteiger partial charge in [0.05, 0.1) is 5.92 Å². The number of hydrogen-bond donors (Lipinski definition) is 2. The zero-order valence-electron chi connectivity index (χ0n) is 11.8. The van der Waals surface area contributed by atoms with Gasteiger partial charge in [-0.05, 0) is 36.6 Å². The van der Waals surface area contributed by atoms with Crippen LogP contribution in [0.1, 0.15) is 22.6 Å². The molecule has 20 heavy (non-hydrogen) atoms. The van der Waals surface area contributed by atoms with Crippen LogP contribution >= 0.6 is 0 Å². The fourth-order valence-corrected chi connectivity index (χ4v) is 2.19. The first-order valence-corrected chi connectivity index (χ1v) is 6.67. The molecule has 0 fully saturated rings. The summed E-state index contributed by atoms with van der Waals surface area (Å²) < 4.78 is 0. The summed E-state index contributed by atoms with van der Waals surface area (Å²) in [6.07, 6.45) is 0. The lowest BCUT2D eigenvalue weighted by Crippen LogP contribution is -2.21. The quantitative estimate of drug-likeness (QED) is 0.872. The molecule has 2 aromatic rings. The lowest BCUT2D eigenvalue weighted by Gasteiger charge is -2.16. The zero-order valence-corrected chi connectivity index (χ0v) is 11.8. The van der Waals surface area contributed by atoms with Crippen LogP contribution in [0.25, 0.3) is 0 Å². The molecule has 1 unspecified atom stereocenters. The highest BCUT2D eigenvalue weighted by Crippen LogP contribution is 2.21. The van der Waals surface area contributed by atoms with E-state index in [2.05, 4.69) is 5.32 Å².